The predicted octanol–water partition coefficient (Wildman–Crippen LogP) is 3.12. The Morgan fingerprint density at radius 3 is 2.63 bits per heavy atom. The van der Waals surface area contributed by atoms with E-state index in [1.165, 1.54) is 32.1 Å². The van der Waals surface area contributed by atoms with Gasteiger partial charge in [-0.3, -0.25) is 0 Å². The van der Waals surface area contributed by atoms with Crippen molar-refractivity contribution in [3.63, 3.8) is 0 Å². The summed E-state index contributed by atoms with van der Waals surface area (Å²) in [6, 6.07) is 0. The normalized spacial score (nSPS) is 18.9. The maximum Gasteiger partial charge on any atom is 0.228 e. The van der Waals surface area contributed by atoms with E-state index in [-0.39, 0.29) is 5.54 Å². The van der Waals surface area contributed by atoms with Gasteiger partial charge in [0.05, 0.1) is 0 Å². The zero-order valence-corrected chi connectivity index (χ0v) is 12.5. The van der Waals surface area contributed by atoms with Gasteiger partial charge in [0.15, 0.2) is 5.82 Å². The van der Waals surface area contributed by atoms with Crippen molar-refractivity contribution >= 4 is 0 Å². The molecule has 2 rings (SSSR count). The largest absolute Gasteiger partial charge is 0.339 e. The molecule has 1 heterocycles. The highest BCUT2D eigenvalue weighted by Crippen LogP contribution is 2.30. The Bertz CT molecular complexity index is 380. The standard InChI is InChI=1S/C15H27N3O/c1-12(2)7-8-13-17-14(19-18-13)11-15(16-3)9-5-4-6-10-15/h12,16H,4-11H2,1-3H3. The Balaban J connectivity index is 1.94. The van der Waals surface area contributed by atoms with Crippen molar-refractivity contribution in [2.45, 2.75) is 70.8 Å². The van der Waals surface area contributed by atoms with Crippen molar-refractivity contribution in [2.75, 3.05) is 7.05 Å². The minimum absolute atomic E-state index is 0.181. The molecular formula is C15H27N3O. The smallest absolute Gasteiger partial charge is 0.228 e. The van der Waals surface area contributed by atoms with Crippen molar-refractivity contribution < 1.29 is 4.52 Å². The second-order valence-corrected chi connectivity index (χ2v) is 6.30. The van der Waals surface area contributed by atoms with Crippen LogP contribution in [0.1, 0.15) is 64.1 Å². The average Bonchev–Trinajstić information content (AvgIpc) is 2.85. The molecule has 0 amide bonds. The van der Waals surface area contributed by atoms with Crippen molar-refractivity contribution in [1.82, 2.24) is 15.5 Å². The van der Waals surface area contributed by atoms with Crippen LogP contribution in [0.2, 0.25) is 0 Å². The van der Waals surface area contributed by atoms with Gasteiger partial charge in [0.25, 0.3) is 0 Å². The summed E-state index contributed by atoms with van der Waals surface area (Å²) in [6.45, 7) is 4.44. The van der Waals surface area contributed by atoms with Gasteiger partial charge in [-0.15, -0.1) is 0 Å². The SMILES string of the molecule is CNC1(Cc2nc(CCC(C)C)no2)CCCCC1. The number of nitrogens with one attached hydrogen (secondary N) is 1. The number of hydrogen-bond donors (Lipinski definition) is 1. The van der Waals surface area contributed by atoms with E-state index in [1.807, 2.05) is 0 Å². The summed E-state index contributed by atoms with van der Waals surface area (Å²) >= 11 is 0. The molecule has 1 saturated carbocycles. The molecule has 1 N–H and O–H groups in total. The molecule has 0 spiro atoms. The van der Waals surface area contributed by atoms with Crippen LogP contribution < -0.4 is 5.32 Å². The highest BCUT2D eigenvalue weighted by Gasteiger charge is 2.32. The van der Waals surface area contributed by atoms with E-state index in [0.717, 1.165) is 31.0 Å². The summed E-state index contributed by atoms with van der Waals surface area (Å²) in [5, 5.41) is 7.60. The quantitative estimate of drug-likeness (QED) is 0.858. The molecule has 0 aliphatic heterocycles. The molecule has 0 bridgehead atoms. The van der Waals surface area contributed by atoms with Crippen LogP contribution in [-0.4, -0.2) is 22.7 Å². The van der Waals surface area contributed by atoms with E-state index in [0.29, 0.717) is 5.92 Å². The molecule has 0 saturated heterocycles. The van der Waals surface area contributed by atoms with Crippen LogP contribution in [0.15, 0.2) is 4.52 Å². The van der Waals surface area contributed by atoms with Crippen LogP contribution in [0.4, 0.5) is 0 Å². The Hall–Kier alpha value is -0.900. The molecule has 0 radical (unpaired) electrons. The maximum absolute atomic E-state index is 5.43. The average molecular weight is 265 g/mol. The van der Waals surface area contributed by atoms with Gasteiger partial charge in [0.1, 0.15) is 0 Å². The van der Waals surface area contributed by atoms with Gasteiger partial charge in [0, 0.05) is 18.4 Å². The Morgan fingerprint density at radius 1 is 1.26 bits per heavy atom. The van der Waals surface area contributed by atoms with E-state index in [9.17, 15) is 0 Å². The van der Waals surface area contributed by atoms with Crippen molar-refractivity contribution in [3.8, 4) is 0 Å². The molecule has 1 aliphatic rings. The number of hydrogen-bond acceptors (Lipinski definition) is 4. The Labute approximate surface area is 116 Å². The van der Waals surface area contributed by atoms with Crippen LogP contribution in [0.5, 0.6) is 0 Å². The van der Waals surface area contributed by atoms with Crippen molar-refractivity contribution in [3.05, 3.63) is 11.7 Å². The van der Waals surface area contributed by atoms with Crippen LogP contribution in [0.25, 0.3) is 0 Å². The number of aromatic nitrogens is 2. The van der Waals surface area contributed by atoms with Crippen LogP contribution >= 0.6 is 0 Å². The first-order valence-electron chi connectivity index (χ1n) is 7.64. The minimum Gasteiger partial charge on any atom is -0.339 e. The fraction of sp³-hybridized carbons (Fsp3) is 0.867. The molecule has 1 fully saturated rings. The lowest BCUT2D eigenvalue weighted by atomic mass is 9.79. The first-order valence-corrected chi connectivity index (χ1v) is 7.64. The molecule has 108 valence electrons. The highest BCUT2D eigenvalue weighted by molar-refractivity contribution is 4.99. The van der Waals surface area contributed by atoms with Crippen LogP contribution in [0, 0.1) is 5.92 Å². The van der Waals surface area contributed by atoms with E-state index < -0.39 is 0 Å². The molecular weight excluding hydrogens is 238 g/mol. The molecule has 1 aromatic rings. The van der Waals surface area contributed by atoms with E-state index in [4.69, 9.17) is 4.52 Å². The van der Waals surface area contributed by atoms with Gasteiger partial charge in [-0.25, -0.2) is 0 Å². The number of rotatable bonds is 6. The lowest BCUT2D eigenvalue weighted by Crippen LogP contribution is -2.46. The summed E-state index contributed by atoms with van der Waals surface area (Å²) in [6.07, 6.45) is 9.31. The third kappa shape index (κ3) is 4.03. The van der Waals surface area contributed by atoms with Gasteiger partial charge >= 0.3 is 0 Å². The van der Waals surface area contributed by atoms with Crippen molar-refractivity contribution in [2.24, 2.45) is 5.92 Å². The maximum atomic E-state index is 5.43. The van der Waals surface area contributed by atoms with Gasteiger partial charge < -0.3 is 9.84 Å². The molecule has 1 aliphatic carbocycles. The van der Waals surface area contributed by atoms with Gasteiger partial charge in [-0.2, -0.15) is 4.98 Å². The third-order valence-corrected chi connectivity index (χ3v) is 4.29. The third-order valence-electron chi connectivity index (χ3n) is 4.29. The summed E-state index contributed by atoms with van der Waals surface area (Å²) in [4.78, 5) is 4.55. The zero-order valence-electron chi connectivity index (χ0n) is 12.5. The lowest BCUT2D eigenvalue weighted by Gasteiger charge is -2.36. The molecule has 0 unspecified atom stereocenters. The lowest BCUT2D eigenvalue weighted by molar-refractivity contribution is 0.221. The summed E-state index contributed by atoms with van der Waals surface area (Å²) < 4.78 is 5.43. The van der Waals surface area contributed by atoms with Gasteiger partial charge in [-0.1, -0.05) is 38.3 Å². The molecule has 4 nitrogen and oxygen atoms in total. The second-order valence-electron chi connectivity index (χ2n) is 6.30. The molecule has 4 heteroatoms. The molecule has 1 aromatic heterocycles. The van der Waals surface area contributed by atoms with E-state index >= 15 is 0 Å². The van der Waals surface area contributed by atoms with Crippen molar-refractivity contribution in [1.29, 1.82) is 0 Å². The highest BCUT2D eigenvalue weighted by atomic mass is 16.5. The minimum atomic E-state index is 0.181. The monoisotopic (exact) mass is 265 g/mol. The Kier molecular flexibility index (Phi) is 4.97. The predicted molar refractivity (Wildman–Crippen MR) is 76.0 cm³/mol. The zero-order chi connectivity index (χ0) is 13.7. The van der Waals surface area contributed by atoms with E-state index in [2.05, 4.69) is 36.4 Å². The number of nitrogens with zero attached hydrogens (tertiary/aromatic N) is 2. The summed E-state index contributed by atoms with van der Waals surface area (Å²) in [5.41, 5.74) is 0.181. The number of aryl methyl sites for hydroxylation is 1. The Morgan fingerprint density at radius 2 is 2.00 bits per heavy atom. The fourth-order valence-corrected chi connectivity index (χ4v) is 2.91. The summed E-state index contributed by atoms with van der Waals surface area (Å²) in [7, 11) is 2.06. The topological polar surface area (TPSA) is 51.0 Å². The summed E-state index contributed by atoms with van der Waals surface area (Å²) in [5.74, 6) is 2.35. The van der Waals surface area contributed by atoms with Gasteiger partial charge in [0.2, 0.25) is 5.89 Å². The van der Waals surface area contributed by atoms with Crippen LogP contribution in [-0.2, 0) is 12.8 Å². The second kappa shape index (κ2) is 6.51. The fourth-order valence-electron chi connectivity index (χ4n) is 2.91. The van der Waals surface area contributed by atoms with Crippen LogP contribution in [0.3, 0.4) is 0 Å². The van der Waals surface area contributed by atoms with Gasteiger partial charge in [-0.05, 0) is 32.2 Å². The first kappa shape index (κ1) is 14.5. The number of likely N-dealkylation sites (N-methyl/N-ethyl adjacent to an activating group) is 1. The van der Waals surface area contributed by atoms with E-state index in [1.54, 1.807) is 0 Å². The molecule has 0 aromatic carbocycles. The molecule has 19 heavy (non-hydrogen) atoms. The molecule has 0 atom stereocenters. The first-order chi connectivity index (χ1) is 9.13.